The molecule has 0 aromatic carbocycles. The SMILES string of the molecule is CC/C=C\C/C=C\C/C=C\C/C=C\C/C=C\C/C=C\CCCCCCCCCCC(=O)OCC(O)COP(=O)(O)OCC(O)COP(=O)(O)OCC(COC(=O)CCCCCC/C=C\C/C=C\C/C=C\C/C=C\C/C=C\C/C=C\CC)OC(=O)CCCCCC/C=C\C/C=C\C/C=C\C/C=C\C/C=C\C/C=C\CC. The first-order valence-electron chi connectivity index (χ1n) is 41.0. The smallest absolute Gasteiger partial charge is 0.463 e. The van der Waals surface area contributed by atoms with Crippen LogP contribution in [0.15, 0.2) is 219 Å². The van der Waals surface area contributed by atoms with E-state index in [1.54, 1.807) is 0 Å². The van der Waals surface area contributed by atoms with Gasteiger partial charge in [-0.05, 0) is 173 Å². The zero-order chi connectivity index (χ0) is 79.4. The predicted octanol–water partition coefficient (Wildman–Crippen LogP) is 24.6. The zero-order valence-corrected chi connectivity index (χ0v) is 68.9. The molecule has 0 aromatic heterocycles. The summed E-state index contributed by atoms with van der Waals surface area (Å²) in [6, 6.07) is 0. The van der Waals surface area contributed by atoms with E-state index in [4.69, 9.17) is 32.3 Å². The number of rotatable bonds is 75. The van der Waals surface area contributed by atoms with Gasteiger partial charge in [0.05, 0.1) is 26.4 Å². The minimum absolute atomic E-state index is 0.0581. The van der Waals surface area contributed by atoms with Crippen LogP contribution in [0.3, 0.4) is 0 Å². The maximum atomic E-state index is 13.0. The quantitative estimate of drug-likeness (QED) is 0.0146. The van der Waals surface area contributed by atoms with E-state index in [2.05, 4.69) is 240 Å². The van der Waals surface area contributed by atoms with Crippen molar-refractivity contribution in [2.75, 3.05) is 39.6 Å². The fraction of sp³-hybridized carbons (Fsp3) is 0.571. The first kappa shape index (κ1) is 103. The number of aliphatic hydroxyl groups excluding tert-OH is 2. The van der Waals surface area contributed by atoms with E-state index in [1.807, 2.05) is 0 Å². The molecular weight excluding hydrogens is 1410 g/mol. The molecule has 0 spiro atoms. The van der Waals surface area contributed by atoms with Gasteiger partial charge in [-0.1, -0.05) is 304 Å². The Balaban J connectivity index is 4.77. The predicted molar refractivity (Wildman–Crippen MR) is 453 cm³/mol. The maximum Gasteiger partial charge on any atom is 0.472 e. The van der Waals surface area contributed by atoms with Crippen LogP contribution in [-0.4, -0.2) is 95.9 Å². The molecule has 18 heteroatoms. The van der Waals surface area contributed by atoms with E-state index in [0.717, 1.165) is 199 Å². The summed E-state index contributed by atoms with van der Waals surface area (Å²) in [5.41, 5.74) is 0. The molecule has 0 bridgehead atoms. The van der Waals surface area contributed by atoms with Gasteiger partial charge in [-0.2, -0.15) is 0 Å². The molecule has 614 valence electrons. The number of hydrogen-bond acceptors (Lipinski definition) is 14. The van der Waals surface area contributed by atoms with Gasteiger partial charge in [0.1, 0.15) is 25.4 Å². The lowest BCUT2D eigenvalue weighted by molar-refractivity contribution is -0.161. The largest absolute Gasteiger partial charge is 0.472 e. The Hall–Kier alpha value is -6.13. The molecule has 0 aliphatic rings. The number of unbranched alkanes of at least 4 members (excludes halogenated alkanes) is 16. The highest BCUT2D eigenvalue weighted by atomic mass is 31.2. The van der Waals surface area contributed by atoms with Gasteiger partial charge in [0.25, 0.3) is 0 Å². The summed E-state index contributed by atoms with van der Waals surface area (Å²) in [5, 5.41) is 20.7. The third-order valence-electron chi connectivity index (χ3n) is 16.2. The van der Waals surface area contributed by atoms with E-state index < -0.39 is 91.5 Å². The van der Waals surface area contributed by atoms with Crippen LogP contribution in [0.2, 0.25) is 0 Å². The van der Waals surface area contributed by atoms with Crippen LogP contribution < -0.4 is 0 Å². The van der Waals surface area contributed by atoms with Crippen molar-refractivity contribution < 1.29 is 75.8 Å². The molecule has 4 N–H and O–H groups in total. The van der Waals surface area contributed by atoms with Crippen molar-refractivity contribution in [3.63, 3.8) is 0 Å². The molecule has 0 aliphatic carbocycles. The molecule has 5 atom stereocenters. The summed E-state index contributed by atoms with van der Waals surface area (Å²) >= 11 is 0. The van der Waals surface area contributed by atoms with Gasteiger partial charge in [-0.15, -0.1) is 0 Å². The molecule has 0 saturated heterocycles. The third kappa shape index (κ3) is 82.7. The molecule has 0 fully saturated rings. The van der Waals surface area contributed by atoms with Gasteiger partial charge < -0.3 is 34.2 Å². The van der Waals surface area contributed by atoms with Gasteiger partial charge in [0, 0.05) is 19.3 Å². The zero-order valence-electron chi connectivity index (χ0n) is 67.1. The van der Waals surface area contributed by atoms with E-state index >= 15 is 0 Å². The molecule has 0 rings (SSSR count). The molecule has 16 nitrogen and oxygen atoms in total. The van der Waals surface area contributed by atoms with Crippen molar-refractivity contribution in [1.29, 1.82) is 0 Å². The fourth-order valence-electron chi connectivity index (χ4n) is 10.1. The van der Waals surface area contributed by atoms with Crippen molar-refractivity contribution in [1.82, 2.24) is 0 Å². The molecule has 0 radical (unpaired) electrons. The molecule has 0 aliphatic heterocycles. The summed E-state index contributed by atoms with van der Waals surface area (Å²) in [5.74, 6) is -1.66. The molecule has 109 heavy (non-hydrogen) atoms. The summed E-state index contributed by atoms with van der Waals surface area (Å²) in [4.78, 5) is 58.8. The Morgan fingerprint density at radius 3 is 0.725 bits per heavy atom. The first-order valence-corrected chi connectivity index (χ1v) is 44.0. The molecule has 0 amide bonds. The van der Waals surface area contributed by atoms with Crippen LogP contribution in [0.1, 0.15) is 278 Å². The van der Waals surface area contributed by atoms with Gasteiger partial charge in [-0.3, -0.25) is 32.5 Å². The van der Waals surface area contributed by atoms with E-state index in [9.17, 15) is 43.5 Å². The fourth-order valence-corrected chi connectivity index (χ4v) is 11.6. The van der Waals surface area contributed by atoms with E-state index in [1.165, 1.54) is 19.3 Å². The number of aliphatic hydroxyl groups is 2. The van der Waals surface area contributed by atoms with E-state index in [0.29, 0.717) is 19.3 Å². The second kappa shape index (κ2) is 81.4. The Morgan fingerprint density at radius 2 is 0.459 bits per heavy atom. The number of esters is 3. The van der Waals surface area contributed by atoms with Crippen LogP contribution in [-0.2, 0) is 55.8 Å². The Bertz CT molecular complexity index is 2860. The Labute approximate surface area is 660 Å². The standard InChI is InChI=1S/C91H144O16P2/c1-4-7-10-13-16-19-22-25-28-31-34-37-40-41-42-43-46-48-50-53-56-59-62-65-68-71-74-77-89(94)101-80-86(92)81-103-108(97,98)104-82-87(93)83-105-109(99,100)106-85-88(107-91(96)79-76-73-70-67-64-61-58-55-52-49-45-39-36-33-30-27-24-21-18-15-12-9-6-3)84-102-90(95)78-75-72-69-66-63-60-57-54-51-47-44-38-35-32-29-26-23-20-17-14-11-8-5-2/h7-12,16-21,25-30,34-39,41-42,46-49,51-52,57-58,60-61,86-88,92-93H,4-6,13-15,22-24,31-33,40,43-45,50,53-56,59,62-85H2,1-3H3,(H,97,98)(H,99,100)/b10-7-,11-8-,12-9-,19-16-,20-17-,21-18-,28-25-,29-26-,30-27-,37-34-,38-35-,39-36-,42-41-,48-46-,51-47-,52-49-,60-57-,61-58-. The van der Waals surface area contributed by atoms with Crippen molar-refractivity contribution in [2.45, 2.75) is 296 Å². The molecule has 0 heterocycles. The van der Waals surface area contributed by atoms with Crippen molar-refractivity contribution in [3.05, 3.63) is 219 Å². The summed E-state index contributed by atoms with van der Waals surface area (Å²) in [7, 11) is -9.84. The second-order valence-electron chi connectivity index (χ2n) is 26.4. The highest BCUT2D eigenvalue weighted by Crippen LogP contribution is 2.45. The molecule has 5 unspecified atom stereocenters. The minimum Gasteiger partial charge on any atom is -0.463 e. The number of carbonyl (C=O) groups is 3. The van der Waals surface area contributed by atoms with Gasteiger partial charge >= 0.3 is 33.6 Å². The molecule has 0 saturated carbocycles. The average molecular weight is 1560 g/mol. The van der Waals surface area contributed by atoms with Crippen LogP contribution in [0, 0.1) is 0 Å². The first-order chi connectivity index (χ1) is 53.2. The van der Waals surface area contributed by atoms with Crippen molar-refractivity contribution in [2.24, 2.45) is 0 Å². The van der Waals surface area contributed by atoms with Gasteiger partial charge in [-0.25, -0.2) is 9.13 Å². The highest BCUT2D eigenvalue weighted by molar-refractivity contribution is 7.47. The third-order valence-corrected chi connectivity index (χ3v) is 18.1. The summed E-state index contributed by atoms with van der Waals surface area (Å²) in [6.45, 7) is 2.24. The lowest BCUT2D eigenvalue weighted by Gasteiger charge is -2.21. The number of hydrogen-bond donors (Lipinski definition) is 4. The van der Waals surface area contributed by atoms with Crippen LogP contribution in [0.25, 0.3) is 0 Å². The maximum absolute atomic E-state index is 13.0. The minimum atomic E-state index is -4.96. The summed E-state index contributed by atoms with van der Waals surface area (Å²) in [6.07, 6.45) is 110. The van der Waals surface area contributed by atoms with Crippen LogP contribution in [0.5, 0.6) is 0 Å². The number of allylic oxidation sites excluding steroid dienone is 36. The highest BCUT2D eigenvalue weighted by Gasteiger charge is 2.29. The average Bonchev–Trinajstić information content (AvgIpc) is 0.904. The number of phosphoric ester groups is 2. The topological polar surface area (TPSA) is 231 Å². The normalized spacial score (nSPS) is 15.0. The monoisotopic (exact) mass is 1550 g/mol. The second-order valence-corrected chi connectivity index (χ2v) is 29.3. The summed E-state index contributed by atoms with van der Waals surface area (Å²) < 4.78 is 61.2. The number of phosphoric acid groups is 2. The van der Waals surface area contributed by atoms with Crippen molar-refractivity contribution >= 4 is 33.6 Å². The molecular formula is C91H144O16P2. The van der Waals surface area contributed by atoms with E-state index in [-0.39, 0.29) is 19.3 Å². The lowest BCUT2D eigenvalue weighted by Crippen LogP contribution is -2.30. The van der Waals surface area contributed by atoms with Crippen LogP contribution in [0.4, 0.5) is 0 Å². The Morgan fingerprint density at radius 1 is 0.257 bits per heavy atom. The van der Waals surface area contributed by atoms with Gasteiger partial charge in [0.2, 0.25) is 0 Å². The lowest BCUT2D eigenvalue weighted by atomic mass is 10.1. The van der Waals surface area contributed by atoms with Gasteiger partial charge in [0.15, 0.2) is 6.10 Å². The number of ether oxygens (including phenoxy) is 3. The van der Waals surface area contributed by atoms with Crippen LogP contribution >= 0.6 is 15.6 Å². The molecule has 0 aromatic rings. The number of carbonyl (C=O) groups excluding carboxylic acids is 3. The Kier molecular flexibility index (Phi) is 76.8. The van der Waals surface area contributed by atoms with Crippen molar-refractivity contribution in [3.8, 4) is 0 Å².